The zero-order chi connectivity index (χ0) is 9.68. The fourth-order valence-corrected chi connectivity index (χ4v) is 1.79. The Balaban J connectivity index is 2.51. The third-order valence-corrected chi connectivity index (χ3v) is 3.06. The summed E-state index contributed by atoms with van der Waals surface area (Å²) >= 11 is 5.07. The van der Waals surface area contributed by atoms with Crippen LogP contribution in [-0.4, -0.2) is 18.6 Å². The fraction of sp³-hybridized carbons (Fsp3) is 0.222. The predicted octanol–water partition coefficient (Wildman–Crippen LogP) is 2.53. The molecule has 2 nitrogen and oxygen atoms in total. The van der Waals surface area contributed by atoms with Crippen molar-refractivity contribution in [2.75, 3.05) is 12.8 Å². The molecule has 0 saturated carbocycles. The summed E-state index contributed by atoms with van der Waals surface area (Å²) in [6, 6.07) is 8.14. The van der Waals surface area contributed by atoms with E-state index in [1.54, 1.807) is 18.8 Å². The summed E-state index contributed by atoms with van der Waals surface area (Å²) in [6.07, 6.45) is 0. The van der Waals surface area contributed by atoms with Gasteiger partial charge in [-0.1, -0.05) is 15.9 Å². The minimum atomic E-state index is 0.674. The van der Waals surface area contributed by atoms with Gasteiger partial charge < -0.3 is 5.73 Å². The highest BCUT2D eigenvalue weighted by Crippen LogP contribution is 2.20. The van der Waals surface area contributed by atoms with Crippen LogP contribution in [-0.2, 0) is 0 Å². The summed E-state index contributed by atoms with van der Waals surface area (Å²) in [4.78, 5) is 5.09. The Morgan fingerprint density at radius 1 is 1.46 bits per heavy atom. The van der Waals surface area contributed by atoms with Crippen LogP contribution in [0.5, 0.6) is 0 Å². The van der Waals surface area contributed by atoms with Crippen molar-refractivity contribution in [3.8, 4) is 0 Å². The van der Waals surface area contributed by atoms with Crippen LogP contribution in [0.25, 0.3) is 0 Å². The molecule has 70 valence electrons. The number of hydrogen-bond donors (Lipinski definition) is 1. The lowest BCUT2D eigenvalue weighted by Gasteiger charge is -2.00. The molecule has 0 aliphatic carbocycles. The van der Waals surface area contributed by atoms with E-state index in [-0.39, 0.29) is 0 Å². The minimum absolute atomic E-state index is 0.674. The van der Waals surface area contributed by atoms with Gasteiger partial charge in [0.15, 0.2) is 0 Å². The normalized spacial score (nSPS) is 11.7. The van der Waals surface area contributed by atoms with Gasteiger partial charge in [0.25, 0.3) is 0 Å². The molecule has 4 heteroatoms. The molecule has 1 aromatic rings. The third-order valence-electron chi connectivity index (χ3n) is 1.49. The quantitative estimate of drug-likeness (QED) is 0.514. The van der Waals surface area contributed by atoms with Crippen LogP contribution in [0, 0.1) is 0 Å². The van der Waals surface area contributed by atoms with Gasteiger partial charge in [0.1, 0.15) is 5.84 Å². The van der Waals surface area contributed by atoms with Gasteiger partial charge in [-0.3, -0.25) is 4.99 Å². The van der Waals surface area contributed by atoms with Gasteiger partial charge in [0.05, 0.1) is 5.75 Å². The molecule has 0 atom stereocenters. The Labute approximate surface area is 90.8 Å². The molecule has 0 radical (unpaired) electrons. The molecule has 2 N–H and O–H groups in total. The number of amidine groups is 1. The lowest BCUT2D eigenvalue weighted by atomic mass is 10.4. The predicted molar refractivity (Wildman–Crippen MR) is 62.4 cm³/mol. The third kappa shape index (κ3) is 3.83. The maximum Gasteiger partial charge on any atom is 0.104 e. The van der Waals surface area contributed by atoms with Gasteiger partial charge in [-0.05, 0) is 24.3 Å². The van der Waals surface area contributed by atoms with Crippen molar-refractivity contribution >= 4 is 33.5 Å². The Kier molecular flexibility index (Phi) is 4.32. The topological polar surface area (TPSA) is 38.4 Å². The Bertz CT molecular complexity index is 295. The van der Waals surface area contributed by atoms with Crippen molar-refractivity contribution in [3.63, 3.8) is 0 Å². The molecule has 0 fully saturated rings. The summed E-state index contributed by atoms with van der Waals surface area (Å²) in [6.45, 7) is 0. The minimum Gasteiger partial charge on any atom is -0.387 e. The zero-order valence-electron chi connectivity index (χ0n) is 7.33. The molecule has 0 amide bonds. The van der Waals surface area contributed by atoms with Crippen molar-refractivity contribution in [2.24, 2.45) is 10.7 Å². The van der Waals surface area contributed by atoms with Crippen molar-refractivity contribution in [2.45, 2.75) is 4.90 Å². The molecular weight excluding hydrogens is 248 g/mol. The van der Waals surface area contributed by atoms with Crippen molar-refractivity contribution in [3.05, 3.63) is 28.7 Å². The van der Waals surface area contributed by atoms with Gasteiger partial charge >= 0.3 is 0 Å². The SMILES string of the molecule is CN=C(N)CSc1ccc(Br)cc1. The Morgan fingerprint density at radius 2 is 2.08 bits per heavy atom. The Morgan fingerprint density at radius 3 is 2.62 bits per heavy atom. The molecular formula is C9H11BrN2S. The fourth-order valence-electron chi connectivity index (χ4n) is 0.753. The van der Waals surface area contributed by atoms with E-state index in [4.69, 9.17) is 5.73 Å². The number of benzene rings is 1. The van der Waals surface area contributed by atoms with Crippen LogP contribution >= 0.6 is 27.7 Å². The molecule has 0 bridgehead atoms. The standard InChI is InChI=1S/C9H11BrN2S/c1-12-9(11)6-13-8-4-2-7(10)3-5-8/h2-5H,6H2,1H3,(H2,11,12). The zero-order valence-corrected chi connectivity index (χ0v) is 9.73. The lowest BCUT2D eigenvalue weighted by Crippen LogP contribution is -2.13. The second kappa shape index (κ2) is 5.29. The average Bonchev–Trinajstić information content (AvgIpc) is 2.16. The van der Waals surface area contributed by atoms with Crippen molar-refractivity contribution < 1.29 is 0 Å². The van der Waals surface area contributed by atoms with Crippen LogP contribution < -0.4 is 5.73 Å². The summed E-state index contributed by atoms with van der Waals surface area (Å²) in [7, 11) is 1.71. The van der Waals surface area contributed by atoms with E-state index in [2.05, 4.69) is 33.1 Å². The molecule has 0 saturated heterocycles. The highest BCUT2D eigenvalue weighted by molar-refractivity contribution is 9.10. The summed E-state index contributed by atoms with van der Waals surface area (Å²) in [5.41, 5.74) is 5.57. The highest BCUT2D eigenvalue weighted by Gasteiger charge is 1.95. The van der Waals surface area contributed by atoms with E-state index in [0.717, 1.165) is 10.2 Å². The first-order chi connectivity index (χ1) is 6.22. The van der Waals surface area contributed by atoms with E-state index in [9.17, 15) is 0 Å². The van der Waals surface area contributed by atoms with E-state index < -0.39 is 0 Å². The van der Waals surface area contributed by atoms with E-state index >= 15 is 0 Å². The summed E-state index contributed by atoms with van der Waals surface area (Å²) < 4.78 is 1.09. The molecule has 0 aliphatic rings. The first-order valence-corrected chi connectivity index (χ1v) is 5.59. The van der Waals surface area contributed by atoms with Crippen molar-refractivity contribution in [1.29, 1.82) is 0 Å². The van der Waals surface area contributed by atoms with E-state index in [0.29, 0.717) is 5.84 Å². The molecule has 0 unspecified atom stereocenters. The largest absolute Gasteiger partial charge is 0.387 e. The van der Waals surface area contributed by atoms with Gasteiger partial charge in [0.2, 0.25) is 0 Å². The van der Waals surface area contributed by atoms with Gasteiger partial charge in [-0.25, -0.2) is 0 Å². The van der Waals surface area contributed by atoms with Crippen LogP contribution in [0.3, 0.4) is 0 Å². The molecule has 0 aliphatic heterocycles. The van der Waals surface area contributed by atoms with Gasteiger partial charge in [-0.2, -0.15) is 0 Å². The maximum atomic E-state index is 5.57. The first kappa shape index (κ1) is 10.6. The first-order valence-electron chi connectivity index (χ1n) is 3.82. The number of halogens is 1. The number of nitrogens with two attached hydrogens (primary N) is 1. The monoisotopic (exact) mass is 258 g/mol. The van der Waals surface area contributed by atoms with Crippen molar-refractivity contribution in [1.82, 2.24) is 0 Å². The summed E-state index contributed by atoms with van der Waals surface area (Å²) in [5.74, 6) is 1.42. The number of aliphatic imine (C=N–C) groups is 1. The highest BCUT2D eigenvalue weighted by atomic mass is 79.9. The van der Waals surface area contributed by atoms with Gasteiger partial charge in [0, 0.05) is 16.4 Å². The second-order valence-corrected chi connectivity index (χ2v) is 4.42. The van der Waals surface area contributed by atoms with E-state index in [1.165, 1.54) is 4.90 Å². The molecule has 1 aromatic carbocycles. The molecule has 0 heterocycles. The molecule has 13 heavy (non-hydrogen) atoms. The van der Waals surface area contributed by atoms with E-state index in [1.807, 2.05) is 12.1 Å². The average molecular weight is 259 g/mol. The number of nitrogens with zero attached hydrogens (tertiary/aromatic N) is 1. The number of thioether (sulfide) groups is 1. The lowest BCUT2D eigenvalue weighted by molar-refractivity contribution is 1.38. The smallest absolute Gasteiger partial charge is 0.104 e. The van der Waals surface area contributed by atoms with Crippen LogP contribution in [0.15, 0.2) is 38.6 Å². The molecule has 0 spiro atoms. The number of rotatable bonds is 3. The van der Waals surface area contributed by atoms with Crippen LogP contribution in [0.2, 0.25) is 0 Å². The van der Waals surface area contributed by atoms with Gasteiger partial charge in [-0.15, -0.1) is 11.8 Å². The van der Waals surface area contributed by atoms with Crippen LogP contribution in [0.4, 0.5) is 0 Å². The Hall–Kier alpha value is -0.480. The molecule has 0 aromatic heterocycles. The molecule has 1 rings (SSSR count). The number of hydrogen-bond acceptors (Lipinski definition) is 2. The second-order valence-electron chi connectivity index (χ2n) is 2.46. The van der Waals surface area contributed by atoms with Crippen LogP contribution in [0.1, 0.15) is 0 Å². The maximum absolute atomic E-state index is 5.57. The summed E-state index contributed by atoms with van der Waals surface area (Å²) in [5, 5.41) is 0.